The summed E-state index contributed by atoms with van der Waals surface area (Å²) in [4.78, 5) is 38.2. The van der Waals surface area contributed by atoms with Crippen LogP contribution in [0.25, 0.3) is 0 Å². The van der Waals surface area contributed by atoms with Crippen molar-refractivity contribution in [3.63, 3.8) is 0 Å². The maximum Gasteiger partial charge on any atom is 0.302 e. The summed E-state index contributed by atoms with van der Waals surface area (Å²) < 4.78 is 10.6. The van der Waals surface area contributed by atoms with E-state index in [1.54, 1.807) is 51.3 Å². The van der Waals surface area contributed by atoms with Gasteiger partial charge in [-0.15, -0.1) is 0 Å². The molecule has 1 N–H and O–H groups in total. The lowest BCUT2D eigenvalue weighted by Gasteiger charge is -2.38. The Kier molecular flexibility index (Phi) is 8.02. The van der Waals surface area contributed by atoms with E-state index < -0.39 is 23.3 Å². The number of aryl methyl sites for hydroxylation is 2. The maximum atomic E-state index is 13.7. The molecular formula is C25H32N2O5. The van der Waals surface area contributed by atoms with Gasteiger partial charge in [0.05, 0.1) is 12.6 Å². The first kappa shape index (κ1) is 24.9. The molecule has 7 nitrogen and oxygen atoms in total. The number of hydrogen-bond donors (Lipinski definition) is 1. The number of esters is 1. The van der Waals surface area contributed by atoms with Crippen LogP contribution in [0.4, 0.5) is 0 Å². The Hall–Kier alpha value is -3.35. The summed E-state index contributed by atoms with van der Waals surface area (Å²) in [6, 6.07) is 10.7. The number of amides is 2. The van der Waals surface area contributed by atoms with Gasteiger partial charge in [-0.1, -0.05) is 30.2 Å². The molecule has 0 aliphatic rings. The standard InChI is InChI=1S/C25H32N2O5/c1-8-20-21(10-9-11-22(20)31-7)24(30)27(25(5,6)15-32-18(4)28)26-23(29)19-13-16(2)12-17(3)14-19/h9-14H,8,15H2,1-7H3,(H,26,29). The molecule has 0 aliphatic heterocycles. The van der Waals surface area contributed by atoms with Gasteiger partial charge in [-0.25, -0.2) is 5.01 Å². The van der Waals surface area contributed by atoms with Crippen LogP contribution in [0.5, 0.6) is 5.75 Å². The van der Waals surface area contributed by atoms with E-state index in [2.05, 4.69) is 5.43 Å². The first-order valence-corrected chi connectivity index (χ1v) is 10.5. The van der Waals surface area contributed by atoms with Gasteiger partial charge in [-0.2, -0.15) is 0 Å². The Labute approximate surface area is 189 Å². The van der Waals surface area contributed by atoms with Gasteiger partial charge in [0.2, 0.25) is 0 Å². The Morgan fingerprint density at radius 2 is 1.69 bits per heavy atom. The third kappa shape index (κ3) is 5.87. The summed E-state index contributed by atoms with van der Waals surface area (Å²) in [6.45, 7) is 10.4. The fourth-order valence-corrected chi connectivity index (χ4v) is 3.53. The predicted octanol–water partition coefficient (Wildman–Crippen LogP) is 4.00. The van der Waals surface area contributed by atoms with Crippen LogP contribution < -0.4 is 10.2 Å². The zero-order valence-corrected chi connectivity index (χ0v) is 19.9. The normalized spacial score (nSPS) is 11.0. The highest BCUT2D eigenvalue weighted by Gasteiger charge is 2.36. The lowest BCUT2D eigenvalue weighted by atomic mass is 9.99. The Morgan fingerprint density at radius 1 is 1.06 bits per heavy atom. The van der Waals surface area contributed by atoms with Crippen LogP contribution in [-0.4, -0.2) is 42.0 Å². The second-order valence-electron chi connectivity index (χ2n) is 8.39. The molecule has 172 valence electrons. The summed E-state index contributed by atoms with van der Waals surface area (Å²) in [5, 5.41) is 1.24. The third-order valence-electron chi connectivity index (χ3n) is 5.07. The number of nitrogens with zero attached hydrogens (tertiary/aromatic N) is 1. The molecule has 7 heteroatoms. The Balaban J connectivity index is 2.50. The van der Waals surface area contributed by atoms with E-state index in [-0.39, 0.29) is 6.61 Å². The number of rotatable bonds is 7. The summed E-state index contributed by atoms with van der Waals surface area (Å²) in [5.74, 6) is -0.726. The quantitative estimate of drug-likeness (QED) is 0.520. The fraction of sp³-hybridized carbons (Fsp3) is 0.400. The van der Waals surface area contributed by atoms with Gasteiger partial charge in [0.15, 0.2) is 0 Å². The second kappa shape index (κ2) is 10.3. The maximum absolute atomic E-state index is 13.7. The topological polar surface area (TPSA) is 84.9 Å². The van der Waals surface area contributed by atoms with E-state index in [0.717, 1.165) is 16.7 Å². The number of benzene rings is 2. The summed E-state index contributed by atoms with van der Waals surface area (Å²) in [7, 11) is 1.55. The van der Waals surface area contributed by atoms with Gasteiger partial charge < -0.3 is 9.47 Å². The highest BCUT2D eigenvalue weighted by atomic mass is 16.5. The molecular weight excluding hydrogens is 408 g/mol. The average Bonchev–Trinajstić information content (AvgIpc) is 2.73. The van der Waals surface area contributed by atoms with E-state index in [1.807, 2.05) is 26.8 Å². The van der Waals surface area contributed by atoms with Crippen molar-refractivity contribution < 1.29 is 23.9 Å². The molecule has 0 fully saturated rings. The van der Waals surface area contributed by atoms with Crippen molar-refractivity contribution in [2.24, 2.45) is 0 Å². The van der Waals surface area contributed by atoms with Gasteiger partial charge in [0, 0.05) is 23.6 Å². The minimum absolute atomic E-state index is 0.0906. The molecule has 0 saturated carbocycles. The summed E-state index contributed by atoms with van der Waals surface area (Å²) in [5.41, 5.74) is 5.18. The lowest BCUT2D eigenvalue weighted by Crippen LogP contribution is -2.59. The zero-order chi connectivity index (χ0) is 24.1. The lowest BCUT2D eigenvalue weighted by molar-refractivity contribution is -0.144. The van der Waals surface area contributed by atoms with Gasteiger partial charge >= 0.3 is 5.97 Å². The SMILES string of the molecule is CCc1c(OC)cccc1C(=O)N(NC(=O)c1cc(C)cc(C)c1)C(C)(C)COC(C)=O. The Morgan fingerprint density at radius 3 is 2.22 bits per heavy atom. The number of carbonyl (C=O) groups excluding carboxylic acids is 3. The smallest absolute Gasteiger partial charge is 0.302 e. The number of hydrogen-bond acceptors (Lipinski definition) is 5. The monoisotopic (exact) mass is 440 g/mol. The number of carbonyl (C=O) groups is 3. The second-order valence-corrected chi connectivity index (χ2v) is 8.39. The number of ether oxygens (including phenoxy) is 2. The molecule has 0 atom stereocenters. The van der Waals surface area contributed by atoms with Gasteiger partial charge in [0.1, 0.15) is 12.4 Å². The van der Waals surface area contributed by atoms with E-state index in [4.69, 9.17) is 9.47 Å². The molecule has 0 saturated heterocycles. The summed E-state index contributed by atoms with van der Waals surface area (Å²) in [6.07, 6.45) is 0.564. The van der Waals surface area contributed by atoms with Crippen LogP contribution in [0.1, 0.15) is 65.1 Å². The minimum Gasteiger partial charge on any atom is -0.496 e. The molecule has 0 aromatic heterocycles. The zero-order valence-electron chi connectivity index (χ0n) is 19.9. The molecule has 2 rings (SSSR count). The van der Waals surface area contributed by atoms with Crippen LogP contribution in [0.15, 0.2) is 36.4 Å². The Bertz CT molecular complexity index is 993. The van der Waals surface area contributed by atoms with Crippen molar-refractivity contribution >= 4 is 17.8 Å². The van der Waals surface area contributed by atoms with Crippen LogP contribution >= 0.6 is 0 Å². The molecule has 0 unspecified atom stereocenters. The molecule has 2 aromatic carbocycles. The van der Waals surface area contributed by atoms with Crippen molar-refractivity contribution in [1.82, 2.24) is 10.4 Å². The highest BCUT2D eigenvalue weighted by Crippen LogP contribution is 2.26. The number of methoxy groups -OCH3 is 1. The largest absolute Gasteiger partial charge is 0.496 e. The van der Waals surface area contributed by atoms with Crippen LogP contribution in [0, 0.1) is 13.8 Å². The first-order valence-electron chi connectivity index (χ1n) is 10.5. The molecule has 0 radical (unpaired) electrons. The van der Waals surface area contributed by atoms with Gasteiger partial charge in [0.25, 0.3) is 11.8 Å². The van der Waals surface area contributed by atoms with Gasteiger partial charge in [-0.3, -0.25) is 19.8 Å². The van der Waals surface area contributed by atoms with Crippen molar-refractivity contribution in [1.29, 1.82) is 0 Å². The molecule has 32 heavy (non-hydrogen) atoms. The van der Waals surface area contributed by atoms with Crippen LogP contribution in [0.2, 0.25) is 0 Å². The molecule has 0 spiro atoms. The molecule has 2 amide bonds. The highest BCUT2D eigenvalue weighted by molar-refractivity contribution is 6.00. The number of nitrogens with one attached hydrogen (secondary N) is 1. The van der Waals surface area contributed by atoms with Crippen molar-refractivity contribution in [2.75, 3.05) is 13.7 Å². The van der Waals surface area contributed by atoms with Crippen LogP contribution in [0.3, 0.4) is 0 Å². The third-order valence-corrected chi connectivity index (χ3v) is 5.07. The average molecular weight is 441 g/mol. The molecule has 0 bridgehead atoms. The van der Waals surface area contributed by atoms with E-state index >= 15 is 0 Å². The van der Waals surface area contributed by atoms with Crippen molar-refractivity contribution in [2.45, 2.75) is 53.5 Å². The van der Waals surface area contributed by atoms with Crippen molar-refractivity contribution in [3.8, 4) is 5.75 Å². The molecule has 0 heterocycles. The number of hydrazine groups is 1. The van der Waals surface area contributed by atoms with E-state index in [1.165, 1.54) is 11.9 Å². The minimum atomic E-state index is -1.02. The fourth-order valence-electron chi connectivity index (χ4n) is 3.53. The van der Waals surface area contributed by atoms with Crippen LogP contribution in [-0.2, 0) is 16.0 Å². The summed E-state index contributed by atoms with van der Waals surface area (Å²) >= 11 is 0. The van der Waals surface area contributed by atoms with E-state index in [9.17, 15) is 14.4 Å². The molecule has 2 aromatic rings. The first-order chi connectivity index (χ1) is 15.0. The van der Waals surface area contributed by atoms with Crippen molar-refractivity contribution in [3.05, 3.63) is 64.2 Å². The van der Waals surface area contributed by atoms with E-state index in [0.29, 0.717) is 23.3 Å². The predicted molar refractivity (Wildman–Crippen MR) is 123 cm³/mol. The van der Waals surface area contributed by atoms with Gasteiger partial charge in [-0.05, 0) is 58.4 Å². The molecule has 0 aliphatic carbocycles.